The first-order valence-electron chi connectivity index (χ1n) is 6.60. The lowest BCUT2D eigenvalue weighted by Gasteiger charge is -2.22. The fourth-order valence-electron chi connectivity index (χ4n) is 2.14. The van der Waals surface area contributed by atoms with Gasteiger partial charge in [-0.05, 0) is 36.6 Å². The lowest BCUT2D eigenvalue weighted by Crippen LogP contribution is -2.08. The largest absolute Gasteiger partial charge is 0.269 e. The number of nitrogens with zero attached hydrogens (tertiary/aromatic N) is 2. The Morgan fingerprint density at radius 1 is 1.25 bits per heavy atom. The van der Waals surface area contributed by atoms with Crippen LogP contribution in [-0.4, -0.2) is 9.91 Å². The summed E-state index contributed by atoms with van der Waals surface area (Å²) < 4.78 is 0. The van der Waals surface area contributed by atoms with Gasteiger partial charge >= 0.3 is 0 Å². The van der Waals surface area contributed by atoms with Crippen LogP contribution >= 0.6 is 11.3 Å². The molecule has 3 rings (SSSR count). The van der Waals surface area contributed by atoms with Gasteiger partial charge in [0.15, 0.2) is 0 Å². The number of benzene rings is 1. The second kappa shape index (κ2) is 5.54. The number of rotatable bonds is 4. The maximum atomic E-state index is 10.6. The topological polar surface area (TPSA) is 56.0 Å². The molecule has 1 aromatic heterocycles. The van der Waals surface area contributed by atoms with E-state index in [0.29, 0.717) is 5.92 Å². The molecule has 0 unspecified atom stereocenters. The molecule has 0 amide bonds. The van der Waals surface area contributed by atoms with Crippen molar-refractivity contribution in [3.63, 3.8) is 0 Å². The van der Waals surface area contributed by atoms with Gasteiger partial charge in [0.2, 0.25) is 0 Å². The zero-order chi connectivity index (χ0) is 13.9. The highest BCUT2D eigenvalue weighted by molar-refractivity contribution is 7.10. The molecule has 1 fully saturated rings. The molecule has 1 aliphatic rings. The highest BCUT2D eigenvalue weighted by Crippen LogP contribution is 2.36. The van der Waals surface area contributed by atoms with Crippen LogP contribution in [0.5, 0.6) is 0 Å². The lowest BCUT2D eigenvalue weighted by molar-refractivity contribution is -0.384. The van der Waals surface area contributed by atoms with Gasteiger partial charge in [-0.1, -0.05) is 12.5 Å². The number of hydrogen-bond donors (Lipinski definition) is 0. The number of thiazole rings is 1. The third kappa shape index (κ3) is 2.77. The first kappa shape index (κ1) is 13.0. The zero-order valence-corrected chi connectivity index (χ0v) is 11.7. The number of nitro groups is 1. The molecule has 0 saturated heterocycles. The van der Waals surface area contributed by atoms with Crippen molar-refractivity contribution in [1.29, 1.82) is 0 Å². The Labute approximate surface area is 120 Å². The molecule has 0 spiro atoms. The van der Waals surface area contributed by atoms with Crippen LogP contribution < -0.4 is 0 Å². The second-order valence-corrected chi connectivity index (χ2v) is 5.81. The van der Waals surface area contributed by atoms with E-state index in [1.165, 1.54) is 37.1 Å². The van der Waals surface area contributed by atoms with Crippen molar-refractivity contribution in [1.82, 2.24) is 4.98 Å². The minimum Gasteiger partial charge on any atom is -0.258 e. The summed E-state index contributed by atoms with van der Waals surface area (Å²) in [5.41, 5.74) is 2.27. The summed E-state index contributed by atoms with van der Waals surface area (Å²) in [6.07, 6.45) is 7.74. The van der Waals surface area contributed by atoms with Gasteiger partial charge in [-0.3, -0.25) is 10.1 Å². The van der Waals surface area contributed by atoms with Gasteiger partial charge in [-0.2, -0.15) is 0 Å². The van der Waals surface area contributed by atoms with Gasteiger partial charge in [0.25, 0.3) is 5.69 Å². The quantitative estimate of drug-likeness (QED) is 0.614. The van der Waals surface area contributed by atoms with Crippen molar-refractivity contribution < 1.29 is 4.92 Å². The van der Waals surface area contributed by atoms with Crippen LogP contribution in [0.1, 0.15) is 41.4 Å². The van der Waals surface area contributed by atoms with Crippen LogP contribution in [0.15, 0.2) is 29.6 Å². The minimum absolute atomic E-state index is 0.115. The van der Waals surface area contributed by atoms with E-state index in [1.54, 1.807) is 23.5 Å². The monoisotopic (exact) mass is 286 g/mol. The molecule has 1 saturated carbocycles. The molecule has 4 nitrogen and oxygen atoms in total. The fourth-order valence-corrected chi connectivity index (χ4v) is 2.93. The van der Waals surface area contributed by atoms with E-state index in [2.05, 4.69) is 10.4 Å². The van der Waals surface area contributed by atoms with Gasteiger partial charge in [0, 0.05) is 23.4 Å². The van der Waals surface area contributed by atoms with Crippen molar-refractivity contribution in [2.24, 2.45) is 0 Å². The second-order valence-electron chi connectivity index (χ2n) is 4.92. The Kier molecular flexibility index (Phi) is 3.60. The summed E-state index contributed by atoms with van der Waals surface area (Å²) in [4.78, 5) is 14.8. The molecule has 0 N–H and O–H groups in total. The van der Waals surface area contributed by atoms with E-state index in [1.807, 2.05) is 12.2 Å². The van der Waals surface area contributed by atoms with E-state index in [-0.39, 0.29) is 10.6 Å². The van der Waals surface area contributed by atoms with Crippen LogP contribution in [-0.2, 0) is 0 Å². The molecule has 0 aliphatic heterocycles. The van der Waals surface area contributed by atoms with Gasteiger partial charge in [-0.15, -0.1) is 11.3 Å². The third-order valence-electron chi connectivity index (χ3n) is 3.59. The van der Waals surface area contributed by atoms with E-state index >= 15 is 0 Å². The molecule has 1 aliphatic carbocycles. The maximum Gasteiger partial charge on any atom is 0.269 e. The predicted molar refractivity (Wildman–Crippen MR) is 80.7 cm³/mol. The number of aromatic nitrogens is 1. The van der Waals surface area contributed by atoms with Crippen LogP contribution in [0.25, 0.3) is 12.2 Å². The summed E-state index contributed by atoms with van der Waals surface area (Å²) in [6.45, 7) is 0. The van der Waals surface area contributed by atoms with Crippen molar-refractivity contribution in [3.8, 4) is 0 Å². The molecule has 102 valence electrons. The normalized spacial score (nSPS) is 15.4. The van der Waals surface area contributed by atoms with Crippen LogP contribution in [0, 0.1) is 10.1 Å². The first-order chi connectivity index (χ1) is 9.72. The molecular formula is C15H14N2O2S. The predicted octanol–water partition coefficient (Wildman–Crippen LogP) is 4.49. The average Bonchev–Trinajstić information content (AvgIpc) is 2.83. The van der Waals surface area contributed by atoms with Gasteiger partial charge in [-0.25, -0.2) is 4.98 Å². The SMILES string of the molecule is O=[N+]([O-])c1ccc(/C=C/c2nc(C3CCC3)cs2)cc1. The molecule has 20 heavy (non-hydrogen) atoms. The lowest BCUT2D eigenvalue weighted by atomic mass is 9.83. The smallest absolute Gasteiger partial charge is 0.258 e. The summed E-state index contributed by atoms with van der Waals surface area (Å²) in [6, 6.07) is 6.52. The minimum atomic E-state index is -0.390. The Morgan fingerprint density at radius 2 is 2.00 bits per heavy atom. The molecule has 0 radical (unpaired) electrons. The summed E-state index contributed by atoms with van der Waals surface area (Å²) in [5.74, 6) is 0.660. The third-order valence-corrected chi connectivity index (χ3v) is 4.41. The molecule has 0 bridgehead atoms. The highest BCUT2D eigenvalue weighted by atomic mass is 32.1. The molecule has 2 aromatic rings. The standard InChI is InChI=1S/C15H14N2O2S/c18-17(19)13-7-4-11(5-8-13)6-9-15-16-14(10-20-15)12-2-1-3-12/h4-10,12H,1-3H2/b9-6+. The van der Waals surface area contributed by atoms with E-state index in [4.69, 9.17) is 0 Å². The summed E-state index contributed by atoms with van der Waals surface area (Å²) >= 11 is 1.65. The van der Waals surface area contributed by atoms with E-state index in [0.717, 1.165) is 10.6 Å². The molecule has 0 atom stereocenters. The Bertz CT molecular complexity index is 642. The van der Waals surface area contributed by atoms with Crippen molar-refractivity contribution >= 4 is 29.2 Å². The van der Waals surface area contributed by atoms with Crippen LogP contribution in [0.2, 0.25) is 0 Å². The highest BCUT2D eigenvalue weighted by Gasteiger charge is 2.21. The van der Waals surface area contributed by atoms with Crippen LogP contribution in [0.4, 0.5) is 5.69 Å². The van der Waals surface area contributed by atoms with E-state index < -0.39 is 0 Å². The zero-order valence-electron chi connectivity index (χ0n) is 10.9. The van der Waals surface area contributed by atoms with Gasteiger partial charge in [0.05, 0.1) is 10.6 Å². The summed E-state index contributed by atoms with van der Waals surface area (Å²) in [5, 5.41) is 13.7. The summed E-state index contributed by atoms with van der Waals surface area (Å²) in [7, 11) is 0. The average molecular weight is 286 g/mol. The Hall–Kier alpha value is -2.01. The fraction of sp³-hybridized carbons (Fsp3) is 0.267. The molecule has 1 aromatic carbocycles. The van der Waals surface area contributed by atoms with Gasteiger partial charge < -0.3 is 0 Å². The molecular weight excluding hydrogens is 272 g/mol. The molecule has 1 heterocycles. The number of hydrogen-bond acceptors (Lipinski definition) is 4. The molecule has 5 heteroatoms. The number of nitro benzene ring substituents is 1. The number of non-ortho nitro benzene ring substituents is 1. The maximum absolute atomic E-state index is 10.6. The Morgan fingerprint density at radius 3 is 2.60 bits per heavy atom. The van der Waals surface area contributed by atoms with Crippen molar-refractivity contribution in [3.05, 3.63) is 56.0 Å². The Balaban J connectivity index is 1.69. The van der Waals surface area contributed by atoms with Gasteiger partial charge in [0.1, 0.15) is 5.01 Å². The van der Waals surface area contributed by atoms with Crippen molar-refractivity contribution in [2.75, 3.05) is 0 Å². The van der Waals surface area contributed by atoms with E-state index in [9.17, 15) is 10.1 Å². The first-order valence-corrected chi connectivity index (χ1v) is 7.48. The van der Waals surface area contributed by atoms with Crippen molar-refractivity contribution in [2.45, 2.75) is 25.2 Å². The van der Waals surface area contributed by atoms with Crippen LogP contribution in [0.3, 0.4) is 0 Å².